The van der Waals surface area contributed by atoms with Gasteiger partial charge in [-0.2, -0.15) is 4.98 Å². The standard InChI is InChI=1S/C22H22N4O3S/c1-4-7-18(27)26-17-9-6-5-8-16(17)19-20(23-22(30-3)25-24-19)29-21(26)14-10-12-15(28-2)13-11-14/h5-6,8-13,21H,4,7H2,1-3H3. The summed E-state index contributed by atoms with van der Waals surface area (Å²) in [6, 6.07) is 15.1. The quantitative estimate of drug-likeness (QED) is 0.561. The molecular formula is C22H22N4O3S. The number of fused-ring (bicyclic) bond motifs is 3. The minimum absolute atomic E-state index is 0.0309. The molecule has 0 aliphatic carbocycles. The Balaban J connectivity index is 1.92. The molecule has 154 valence electrons. The van der Waals surface area contributed by atoms with E-state index in [-0.39, 0.29) is 5.91 Å². The fraction of sp³-hybridized carbons (Fsp3) is 0.273. The molecule has 1 aliphatic rings. The fourth-order valence-electron chi connectivity index (χ4n) is 3.39. The number of aromatic nitrogens is 3. The molecule has 3 aromatic rings. The Morgan fingerprint density at radius 1 is 1.17 bits per heavy atom. The third-order valence-electron chi connectivity index (χ3n) is 4.83. The Kier molecular flexibility index (Phi) is 5.85. The number of rotatable bonds is 5. The summed E-state index contributed by atoms with van der Waals surface area (Å²) >= 11 is 1.39. The number of para-hydroxylation sites is 1. The van der Waals surface area contributed by atoms with Gasteiger partial charge in [0.1, 0.15) is 5.75 Å². The largest absolute Gasteiger partial charge is 0.497 e. The zero-order chi connectivity index (χ0) is 21.1. The third kappa shape index (κ3) is 3.70. The first-order chi connectivity index (χ1) is 14.7. The third-order valence-corrected chi connectivity index (χ3v) is 5.37. The number of anilines is 1. The van der Waals surface area contributed by atoms with Gasteiger partial charge in [-0.25, -0.2) is 0 Å². The second-order valence-electron chi connectivity index (χ2n) is 6.73. The summed E-state index contributed by atoms with van der Waals surface area (Å²) in [7, 11) is 1.62. The van der Waals surface area contributed by atoms with Crippen molar-refractivity contribution in [1.82, 2.24) is 15.2 Å². The van der Waals surface area contributed by atoms with Gasteiger partial charge in [0.05, 0.1) is 12.8 Å². The Bertz CT molecular complexity index is 1060. The van der Waals surface area contributed by atoms with E-state index in [1.54, 1.807) is 12.0 Å². The summed E-state index contributed by atoms with van der Waals surface area (Å²) in [6.45, 7) is 1.98. The van der Waals surface area contributed by atoms with Crippen LogP contribution in [0, 0.1) is 0 Å². The molecule has 7 nitrogen and oxygen atoms in total. The molecule has 4 rings (SSSR count). The molecule has 30 heavy (non-hydrogen) atoms. The van der Waals surface area contributed by atoms with Crippen LogP contribution in [0.5, 0.6) is 11.6 Å². The van der Waals surface area contributed by atoms with Crippen molar-refractivity contribution in [2.45, 2.75) is 31.1 Å². The number of amides is 1. The lowest BCUT2D eigenvalue weighted by Crippen LogP contribution is -2.37. The topological polar surface area (TPSA) is 77.4 Å². The molecule has 8 heteroatoms. The number of thioether (sulfide) groups is 1. The fourth-order valence-corrected chi connectivity index (χ4v) is 3.69. The maximum Gasteiger partial charge on any atom is 0.247 e. The summed E-state index contributed by atoms with van der Waals surface area (Å²) in [5, 5.41) is 9.06. The Morgan fingerprint density at radius 3 is 2.63 bits per heavy atom. The van der Waals surface area contributed by atoms with Crippen molar-refractivity contribution < 1.29 is 14.3 Å². The van der Waals surface area contributed by atoms with Crippen LogP contribution in [0.1, 0.15) is 31.6 Å². The molecule has 0 radical (unpaired) electrons. The van der Waals surface area contributed by atoms with E-state index in [9.17, 15) is 4.79 Å². The molecule has 1 atom stereocenters. The van der Waals surface area contributed by atoms with Crippen LogP contribution in [0.3, 0.4) is 0 Å². The van der Waals surface area contributed by atoms with Gasteiger partial charge >= 0.3 is 0 Å². The van der Waals surface area contributed by atoms with Crippen molar-refractivity contribution in [2.75, 3.05) is 18.3 Å². The van der Waals surface area contributed by atoms with Crippen LogP contribution >= 0.6 is 11.8 Å². The molecule has 0 N–H and O–H groups in total. The number of hydrogen-bond donors (Lipinski definition) is 0. The normalized spacial score (nSPS) is 14.9. The van der Waals surface area contributed by atoms with E-state index in [1.165, 1.54) is 11.8 Å². The predicted molar refractivity (Wildman–Crippen MR) is 116 cm³/mol. The second-order valence-corrected chi connectivity index (χ2v) is 7.50. The van der Waals surface area contributed by atoms with Gasteiger partial charge in [-0.1, -0.05) is 36.9 Å². The van der Waals surface area contributed by atoms with Crippen LogP contribution in [0.4, 0.5) is 5.69 Å². The Hall–Kier alpha value is -3.13. The summed E-state index contributed by atoms with van der Waals surface area (Å²) in [6.07, 6.45) is 2.32. The molecule has 2 aromatic carbocycles. The zero-order valence-corrected chi connectivity index (χ0v) is 17.8. The molecule has 2 heterocycles. The molecule has 1 unspecified atom stereocenters. The van der Waals surface area contributed by atoms with Crippen molar-refractivity contribution in [3.05, 3.63) is 54.1 Å². The first-order valence-electron chi connectivity index (χ1n) is 9.67. The minimum atomic E-state index is -0.691. The highest BCUT2D eigenvalue weighted by molar-refractivity contribution is 7.98. The van der Waals surface area contributed by atoms with E-state index in [0.717, 1.165) is 29.0 Å². The lowest BCUT2D eigenvalue weighted by atomic mass is 10.1. The van der Waals surface area contributed by atoms with Gasteiger partial charge in [0.25, 0.3) is 0 Å². The number of ether oxygens (including phenoxy) is 2. The SMILES string of the molecule is CCCC(=O)N1c2ccccc2-c2nnc(SC)nc2OC1c1ccc(OC)cc1. The zero-order valence-electron chi connectivity index (χ0n) is 17.0. The van der Waals surface area contributed by atoms with E-state index in [4.69, 9.17) is 9.47 Å². The highest BCUT2D eigenvalue weighted by atomic mass is 32.2. The van der Waals surface area contributed by atoms with Crippen LogP contribution in [0.2, 0.25) is 0 Å². The monoisotopic (exact) mass is 422 g/mol. The number of carbonyl (C=O) groups is 1. The highest BCUT2D eigenvalue weighted by Gasteiger charge is 2.35. The summed E-state index contributed by atoms with van der Waals surface area (Å²) in [5.41, 5.74) is 2.82. The number of hydrogen-bond acceptors (Lipinski definition) is 7. The first kappa shape index (κ1) is 20.2. The van der Waals surface area contributed by atoms with E-state index >= 15 is 0 Å². The molecule has 1 aliphatic heterocycles. The van der Waals surface area contributed by atoms with Crippen LogP contribution in [0.25, 0.3) is 11.3 Å². The molecule has 1 aromatic heterocycles. The van der Waals surface area contributed by atoms with Crippen molar-refractivity contribution in [3.63, 3.8) is 0 Å². The predicted octanol–water partition coefficient (Wildman–Crippen LogP) is 4.49. The maximum atomic E-state index is 13.3. The molecule has 1 amide bonds. The Morgan fingerprint density at radius 2 is 1.93 bits per heavy atom. The van der Waals surface area contributed by atoms with Gasteiger partial charge < -0.3 is 9.47 Å². The van der Waals surface area contributed by atoms with E-state index in [2.05, 4.69) is 15.2 Å². The molecular weight excluding hydrogens is 400 g/mol. The Labute approximate surface area is 179 Å². The first-order valence-corrected chi connectivity index (χ1v) is 10.9. The van der Waals surface area contributed by atoms with Crippen molar-refractivity contribution >= 4 is 23.4 Å². The lowest BCUT2D eigenvalue weighted by Gasteiger charge is -2.31. The van der Waals surface area contributed by atoms with Gasteiger partial charge in [0.15, 0.2) is 5.69 Å². The van der Waals surface area contributed by atoms with Gasteiger partial charge in [-0.05, 0) is 43.0 Å². The van der Waals surface area contributed by atoms with Gasteiger partial charge in [-0.3, -0.25) is 9.69 Å². The molecule has 0 saturated heterocycles. The van der Waals surface area contributed by atoms with E-state index in [1.807, 2.05) is 61.7 Å². The number of methoxy groups -OCH3 is 1. The number of carbonyl (C=O) groups excluding carboxylic acids is 1. The van der Waals surface area contributed by atoms with Crippen LogP contribution in [-0.4, -0.2) is 34.5 Å². The summed E-state index contributed by atoms with van der Waals surface area (Å²) in [4.78, 5) is 19.5. The molecule has 0 bridgehead atoms. The summed E-state index contributed by atoms with van der Waals surface area (Å²) in [5.74, 6) is 1.05. The van der Waals surface area contributed by atoms with Gasteiger partial charge in [-0.15, -0.1) is 10.2 Å². The van der Waals surface area contributed by atoms with E-state index in [0.29, 0.717) is 23.2 Å². The molecule has 0 fully saturated rings. The molecule has 0 spiro atoms. The average molecular weight is 423 g/mol. The van der Waals surface area contributed by atoms with Gasteiger partial charge in [0, 0.05) is 17.5 Å². The molecule has 0 saturated carbocycles. The van der Waals surface area contributed by atoms with Crippen molar-refractivity contribution in [2.24, 2.45) is 0 Å². The maximum absolute atomic E-state index is 13.3. The average Bonchev–Trinajstić information content (AvgIpc) is 2.93. The number of nitrogens with zero attached hydrogens (tertiary/aromatic N) is 4. The smallest absolute Gasteiger partial charge is 0.247 e. The lowest BCUT2D eigenvalue weighted by molar-refractivity contribution is -0.120. The number of benzene rings is 2. The van der Waals surface area contributed by atoms with Crippen molar-refractivity contribution in [1.29, 1.82) is 0 Å². The van der Waals surface area contributed by atoms with Crippen LogP contribution in [-0.2, 0) is 4.79 Å². The van der Waals surface area contributed by atoms with Crippen LogP contribution < -0.4 is 14.4 Å². The minimum Gasteiger partial charge on any atom is -0.497 e. The second kappa shape index (κ2) is 8.71. The van der Waals surface area contributed by atoms with Gasteiger partial charge in [0.2, 0.25) is 23.2 Å². The van der Waals surface area contributed by atoms with Crippen molar-refractivity contribution in [3.8, 4) is 22.9 Å². The van der Waals surface area contributed by atoms with E-state index < -0.39 is 6.23 Å². The summed E-state index contributed by atoms with van der Waals surface area (Å²) < 4.78 is 11.6. The highest BCUT2D eigenvalue weighted by Crippen LogP contribution is 2.43. The van der Waals surface area contributed by atoms with Crippen LogP contribution in [0.15, 0.2) is 53.7 Å².